The van der Waals surface area contributed by atoms with E-state index in [1.807, 2.05) is 98.8 Å². The van der Waals surface area contributed by atoms with Crippen molar-refractivity contribution < 1.29 is 33.9 Å². The molecule has 2 aromatic heterocycles. The monoisotopic (exact) mass is 973 g/mol. The molecule has 0 saturated carbocycles. The maximum absolute atomic E-state index is 14.1. The van der Waals surface area contributed by atoms with Gasteiger partial charge < -0.3 is 40.7 Å². The van der Waals surface area contributed by atoms with Crippen LogP contribution in [0.1, 0.15) is 92.9 Å². The number of pyridine rings is 1. The molecule has 0 aliphatic carbocycles. The number of thiazole rings is 1. The molecule has 3 fully saturated rings. The standard InChI is InChI=1S/C53H67N9O7S/c1-36-48(70-35-57-36)40-13-10-39(11-14-40)33-56-50(67)44-30-43(63)34-62(44)52(69)49(53(2,3)4)58-46(65)31-47(66)60-28-26-59(27-29-60)42-17-15-41(16-18-42)51(68)61-24-20-37(21-25-61)8-5-6-23-55-45(64)19-12-38-9-7-22-54-32-38/h7,9-19,22,32,35,37,43-44,49,63H,5-6,8,20-21,23-31,33-34H2,1-4H3,(H,55,64)(H,56,67)(H,58,65)/b19-12+/t43-,44+,49-/m1/s1. The van der Waals surface area contributed by atoms with Crippen molar-refractivity contribution in [2.24, 2.45) is 11.3 Å². The lowest BCUT2D eigenvalue weighted by atomic mass is 9.85. The van der Waals surface area contributed by atoms with Crippen LogP contribution in [0.3, 0.4) is 0 Å². The lowest BCUT2D eigenvalue weighted by Gasteiger charge is -2.37. The average Bonchev–Trinajstić information content (AvgIpc) is 3.99. The molecule has 4 aromatic rings. The maximum atomic E-state index is 14.1. The number of hydrogen-bond donors (Lipinski definition) is 4. The van der Waals surface area contributed by atoms with Crippen molar-refractivity contribution >= 4 is 58.5 Å². The number of unbranched alkanes of at least 4 members (excludes halogenated alkanes) is 1. The first kappa shape index (κ1) is 51.4. The fraction of sp³-hybridized carbons (Fsp3) is 0.472. The first-order valence-corrected chi connectivity index (χ1v) is 25.3. The maximum Gasteiger partial charge on any atom is 0.253 e. The molecule has 3 aliphatic rings. The van der Waals surface area contributed by atoms with Crippen LogP contribution in [0.4, 0.5) is 5.69 Å². The zero-order chi connectivity index (χ0) is 49.8. The topological polar surface area (TPSA) is 197 Å². The second-order valence-corrected chi connectivity index (χ2v) is 20.5. The number of aryl methyl sites for hydroxylation is 1. The van der Waals surface area contributed by atoms with E-state index in [2.05, 4.69) is 30.8 Å². The summed E-state index contributed by atoms with van der Waals surface area (Å²) in [6, 6.07) is 17.2. The van der Waals surface area contributed by atoms with E-state index in [0.29, 0.717) is 44.2 Å². The van der Waals surface area contributed by atoms with E-state index in [4.69, 9.17) is 0 Å². The minimum Gasteiger partial charge on any atom is -0.391 e. The number of β-amino-alcohol motifs (C(OH)–C–C–N with tert-alkyl or cyclic N) is 1. The molecule has 0 bridgehead atoms. The molecule has 5 heterocycles. The number of benzene rings is 2. The number of piperidine rings is 1. The highest BCUT2D eigenvalue weighted by molar-refractivity contribution is 7.13. The normalized spacial score (nSPS) is 18.2. The Morgan fingerprint density at radius 1 is 0.886 bits per heavy atom. The van der Waals surface area contributed by atoms with Gasteiger partial charge in [-0.2, -0.15) is 0 Å². The lowest BCUT2D eigenvalue weighted by Crippen LogP contribution is -2.58. The van der Waals surface area contributed by atoms with Gasteiger partial charge in [0.1, 0.15) is 18.5 Å². The lowest BCUT2D eigenvalue weighted by molar-refractivity contribution is -0.145. The molecule has 2 aromatic carbocycles. The first-order chi connectivity index (χ1) is 33.6. The van der Waals surface area contributed by atoms with E-state index in [1.54, 1.807) is 34.7 Å². The summed E-state index contributed by atoms with van der Waals surface area (Å²) < 4.78 is 0. The van der Waals surface area contributed by atoms with E-state index in [0.717, 1.165) is 78.1 Å². The Morgan fingerprint density at radius 3 is 2.27 bits per heavy atom. The molecule has 0 radical (unpaired) electrons. The van der Waals surface area contributed by atoms with Gasteiger partial charge in [0.05, 0.1) is 22.2 Å². The Balaban J connectivity index is 0.808. The van der Waals surface area contributed by atoms with Gasteiger partial charge in [0, 0.05) is 95.0 Å². The quantitative estimate of drug-likeness (QED) is 0.0619. The smallest absolute Gasteiger partial charge is 0.253 e. The number of aliphatic hydroxyl groups excluding tert-OH is 1. The Kier molecular flexibility index (Phi) is 17.5. The van der Waals surface area contributed by atoms with Crippen molar-refractivity contribution in [3.8, 4) is 10.4 Å². The first-order valence-electron chi connectivity index (χ1n) is 24.5. The summed E-state index contributed by atoms with van der Waals surface area (Å²) in [7, 11) is 0. The number of carbonyl (C=O) groups excluding carboxylic acids is 6. The molecule has 3 atom stereocenters. The van der Waals surface area contributed by atoms with Crippen LogP contribution in [-0.2, 0) is 30.5 Å². The summed E-state index contributed by atoms with van der Waals surface area (Å²) in [4.78, 5) is 96.6. The van der Waals surface area contributed by atoms with Crippen molar-refractivity contribution in [2.45, 2.75) is 97.4 Å². The molecule has 372 valence electrons. The highest BCUT2D eigenvalue weighted by atomic mass is 32.1. The zero-order valence-electron chi connectivity index (χ0n) is 40.8. The third kappa shape index (κ3) is 13.9. The van der Waals surface area contributed by atoms with Crippen molar-refractivity contribution in [3.63, 3.8) is 0 Å². The molecule has 6 amide bonds. The summed E-state index contributed by atoms with van der Waals surface area (Å²) in [5.41, 5.74) is 6.38. The van der Waals surface area contributed by atoms with Crippen molar-refractivity contribution in [2.75, 3.05) is 57.3 Å². The zero-order valence-corrected chi connectivity index (χ0v) is 41.6. The van der Waals surface area contributed by atoms with Crippen LogP contribution < -0.4 is 20.9 Å². The number of carbonyl (C=O) groups is 6. The van der Waals surface area contributed by atoms with Crippen molar-refractivity contribution in [3.05, 3.63) is 107 Å². The number of aromatic nitrogens is 2. The molecule has 0 unspecified atom stereocenters. The van der Waals surface area contributed by atoms with Crippen molar-refractivity contribution in [1.82, 2.24) is 40.6 Å². The number of nitrogens with zero attached hydrogens (tertiary/aromatic N) is 6. The molecule has 7 rings (SSSR count). The molecule has 4 N–H and O–H groups in total. The fourth-order valence-corrected chi connectivity index (χ4v) is 10.2. The van der Waals surface area contributed by atoms with Crippen LogP contribution in [0, 0.1) is 18.3 Å². The van der Waals surface area contributed by atoms with Crippen LogP contribution in [0.25, 0.3) is 16.5 Å². The van der Waals surface area contributed by atoms with E-state index in [-0.39, 0.29) is 37.2 Å². The number of piperazine rings is 1. The Labute approximate surface area is 414 Å². The Hall–Kier alpha value is -6.46. The third-order valence-electron chi connectivity index (χ3n) is 13.5. The molecule has 17 heteroatoms. The molecule has 0 spiro atoms. The number of likely N-dealkylation sites (tertiary alicyclic amines) is 2. The fourth-order valence-electron chi connectivity index (χ4n) is 9.35. The largest absolute Gasteiger partial charge is 0.391 e. The second kappa shape index (κ2) is 23.9. The summed E-state index contributed by atoms with van der Waals surface area (Å²) in [5.74, 6) is -1.35. The Bertz CT molecular complexity index is 2460. The summed E-state index contributed by atoms with van der Waals surface area (Å²) >= 11 is 1.57. The number of anilines is 1. The highest BCUT2D eigenvalue weighted by Crippen LogP contribution is 2.29. The van der Waals surface area contributed by atoms with Gasteiger partial charge in [-0.15, -0.1) is 11.3 Å². The summed E-state index contributed by atoms with van der Waals surface area (Å²) in [6.45, 7) is 11.5. The molecule has 3 saturated heterocycles. The van der Waals surface area contributed by atoms with Crippen LogP contribution >= 0.6 is 11.3 Å². The second-order valence-electron chi connectivity index (χ2n) is 19.7. The summed E-state index contributed by atoms with van der Waals surface area (Å²) in [5, 5.41) is 19.3. The van der Waals surface area contributed by atoms with Gasteiger partial charge >= 0.3 is 0 Å². The van der Waals surface area contributed by atoms with Gasteiger partial charge in [0.15, 0.2) is 0 Å². The van der Waals surface area contributed by atoms with E-state index in [9.17, 15) is 33.9 Å². The van der Waals surface area contributed by atoms with Gasteiger partial charge in [-0.3, -0.25) is 33.8 Å². The molecule has 3 aliphatic heterocycles. The van der Waals surface area contributed by atoms with Crippen LogP contribution in [0.5, 0.6) is 0 Å². The van der Waals surface area contributed by atoms with Crippen LogP contribution in [-0.4, -0.2) is 136 Å². The van der Waals surface area contributed by atoms with Gasteiger partial charge in [-0.05, 0) is 90.6 Å². The number of rotatable bonds is 17. The number of hydrogen-bond acceptors (Lipinski definition) is 11. The molecule has 70 heavy (non-hydrogen) atoms. The highest BCUT2D eigenvalue weighted by Gasteiger charge is 2.44. The predicted molar refractivity (Wildman–Crippen MR) is 270 cm³/mol. The SMILES string of the molecule is Cc1ncsc1-c1ccc(CNC(=O)[C@@H]2C[C@@H](O)CN2C(=O)[C@@H](NC(=O)CC(=O)N2CCN(c3ccc(C(=O)N4CCC(CCCCNC(=O)/C=C/c5cccnc5)CC4)cc3)CC2)C(C)(C)C)cc1. The number of aliphatic hydroxyl groups is 1. The van der Waals surface area contributed by atoms with Gasteiger partial charge in [-0.25, -0.2) is 4.98 Å². The minimum absolute atomic E-state index is 0.0238. The molecule has 16 nitrogen and oxygen atoms in total. The van der Waals surface area contributed by atoms with Gasteiger partial charge in [0.25, 0.3) is 5.91 Å². The molecular formula is C53H67N9O7S. The Morgan fingerprint density at radius 2 is 1.61 bits per heavy atom. The minimum atomic E-state index is -1.05. The van der Waals surface area contributed by atoms with Crippen LogP contribution in [0.15, 0.2) is 84.6 Å². The van der Waals surface area contributed by atoms with E-state index in [1.165, 1.54) is 11.0 Å². The van der Waals surface area contributed by atoms with Crippen molar-refractivity contribution in [1.29, 1.82) is 0 Å². The number of amides is 6. The summed E-state index contributed by atoms with van der Waals surface area (Å²) in [6.07, 6.45) is 10.3. The van der Waals surface area contributed by atoms with E-state index < -0.39 is 47.7 Å². The van der Waals surface area contributed by atoms with E-state index >= 15 is 0 Å². The van der Waals surface area contributed by atoms with Crippen LogP contribution in [0.2, 0.25) is 0 Å². The third-order valence-corrected chi connectivity index (χ3v) is 14.5. The van der Waals surface area contributed by atoms with Gasteiger partial charge in [0.2, 0.25) is 29.5 Å². The number of nitrogens with one attached hydrogen (secondary N) is 3. The van der Waals surface area contributed by atoms with Gasteiger partial charge in [-0.1, -0.05) is 63.9 Å². The predicted octanol–water partition coefficient (Wildman–Crippen LogP) is 5.21. The molecular weight excluding hydrogens is 907 g/mol. The average molecular weight is 974 g/mol.